The molecule has 5 heteroatoms. The third-order valence-electron chi connectivity index (χ3n) is 4.09. The molecule has 0 spiro atoms. The number of hydrogen-bond donors (Lipinski definition) is 2. The van der Waals surface area contributed by atoms with Gasteiger partial charge in [-0.2, -0.15) is 0 Å². The van der Waals surface area contributed by atoms with Gasteiger partial charge in [-0.1, -0.05) is 6.07 Å². The van der Waals surface area contributed by atoms with E-state index in [1.807, 2.05) is 26.0 Å². The Morgan fingerprint density at radius 1 is 1.32 bits per heavy atom. The number of piperazine rings is 1. The van der Waals surface area contributed by atoms with Crippen molar-refractivity contribution in [2.45, 2.75) is 39.0 Å². The summed E-state index contributed by atoms with van der Waals surface area (Å²) >= 11 is 0. The van der Waals surface area contributed by atoms with Crippen LogP contribution in [-0.4, -0.2) is 64.9 Å². The summed E-state index contributed by atoms with van der Waals surface area (Å²) in [5.41, 5.74) is 0.490. The highest BCUT2D eigenvalue weighted by atomic mass is 16.5. The lowest BCUT2D eigenvalue weighted by molar-refractivity contribution is 0.00196. The molecule has 1 aliphatic rings. The van der Waals surface area contributed by atoms with Gasteiger partial charge in [0, 0.05) is 38.8 Å². The Kier molecular flexibility index (Phi) is 5.32. The molecule has 1 atom stereocenters. The summed E-state index contributed by atoms with van der Waals surface area (Å²) in [5, 5.41) is 19.6. The summed E-state index contributed by atoms with van der Waals surface area (Å²) < 4.78 is 5.17. The highest BCUT2D eigenvalue weighted by Gasteiger charge is 2.27. The minimum Gasteiger partial charge on any atom is -0.504 e. The van der Waals surface area contributed by atoms with Gasteiger partial charge < -0.3 is 14.9 Å². The third-order valence-corrected chi connectivity index (χ3v) is 4.09. The van der Waals surface area contributed by atoms with Crippen molar-refractivity contribution in [1.82, 2.24) is 9.80 Å². The van der Waals surface area contributed by atoms with Crippen molar-refractivity contribution in [3.05, 3.63) is 23.8 Å². The van der Waals surface area contributed by atoms with E-state index >= 15 is 0 Å². The van der Waals surface area contributed by atoms with Gasteiger partial charge in [0.05, 0.1) is 12.7 Å². The van der Waals surface area contributed by atoms with Crippen LogP contribution in [0.15, 0.2) is 18.2 Å². The number of nitrogens with zero attached hydrogens (tertiary/aromatic N) is 2. The quantitative estimate of drug-likeness (QED) is 0.867. The lowest BCUT2D eigenvalue weighted by atomic mass is 10.1. The van der Waals surface area contributed by atoms with E-state index in [0.717, 1.165) is 31.7 Å². The second-order valence-electron chi connectivity index (χ2n) is 6.87. The third kappa shape index (κ3) is 4.60. The Labute approximate surface area is 133 Å². The van der Waals surface area contributed by atoms with E-state index in [-0.39, 0.29) is 5.75 Å². The summed E-state index contributed by atoms with van der Waals surface area (Å²) in [7, 11) is 1.57. The molecule has 5 nitrogen and oxygen atoms in total. The lowest BCUT2D eigenvalue weighted by Crippen LogP contribution is -2.54. The summed E-state index contributed by atoms with van der Waals surface area (Å²) in [6.45, 7) is 10.4. The summed E-state index contributed by atoms with van der Waals surface area (Å²) in [6, 6.07) is 5.94. The first-order chi connectivity index (χ1) is 10.3. The fourth-order valence-corrected chi connectivity index (χ4v) is 3.05. The average molecular weight is 308 g/mol. The zero-order valence-electron chi connectivity index (χ0n) is 14.0. The van der Waals surface area contributed by atoms with Gasteiger partial charge in [-0.3, -0.25) is 9.80 Å². The molecule has 0 aromatic heterocycles. The zero-order chi connectivity index (χ0) is 16.3. The van der Waals surface area contributed by atoms with Crippen LogP contribution in [0.25, 0.3) is 0 Å². The highest BCUT2D eigenvalue weighted by molar-refractivity contribution is 5.41. The van der Waals surface area contributed by atoms with Gasteiger partial charge in [-0.15, -0.1) is 0 Å². The number of phenolic OH excluding ortho intramolecular Hbond substituents is 1. The number of methoxy groups -OCH3 is 1. The maximum atomic E-state index is 9.95. The molecular formula is C17H28N2O3. The fourth-order valence-electron chi connectivity index (χ4n) is 3.05. The molecular weight excluding hydrogens is 280 g/mol. The number of aliphatic hydroxyl groups is 1. The van der Waals surface area contributed by atoms with Crippen molar-refractivity contribution in [1.29, 1.82) is 0 Å². The number of aromatic hydroxyl groups is 1. The normalized spacial score (nSPS) is 21.0. The molecule has 1 heterocycles. The topological polar surface area (TPSA) is 56.2 Å². The van der Waals surface area contributed by atoms with E-state index in [1.54, 1.807) is 13.2 Å². The fraction of sp³-hybridized carbons (Fsp3) is 0.647. The van der Waals surface area contributed by atoms with Crippen LogP contribution in [0.5, 0.6) is 11.5 Å². The van der Waals surface area contributed by atoms with Crippen LogP contribution in [0.4, 0.5) is 0 Å². The molecule has 1 saturated heterocycles. The van der Waals surface area contributed by atoms with E-state index in [2.05, 4.69) is 16.7 Å². The molecule has 0 saturated carbocycles. The Morgan fingerprint density at radius 3 is 2.64 bits per heavy atom. The maximum Gasteiger partial charge on any atom is 0.160 e. The van der Waals surface area contributed by atoms with Crippen LogP contribution < -0.4 is 4.74 Å². The lowest BCUT2D eigenvalue weighted by Gasteiger charge is -2.41. The van der Waals surface area contributed by atoms with Gasteiger partial charge in [0.25, 0.3) is 0 Å². The van der Waals surface area contributed by atoms with Crippen molar-refractivity contribution in [3.63, 3.8) is 0 Å². The molecule has 0 radical (unpaired) electrons. The standard InChI is InChI=1S/C17H28N2O3/c1-13-10-18(12-17(2,3)21)7-8-19(13)11-14-5-6-15(20)16(9-14)22-4/h5-6,9,13,20-21H,7-8,10-12H2,1-4H3/t13-/m0/s1. The van der Waals surface area contributed by atoms with Crippen LogP contribution >= 0.6 is 0 Å². The van der Waals surface area contributed by atoms with Crippen LogP contribution in [0.2, 0.25) is 0 Å². The first kappa shape index (κ1) is 17.1. The molecule has 1 aliphatic heterocycles. The van der Waals surface area contributed by atoms with E-state index < -0.39 is 5.60 Å². The number of ether oxygens (including phenoxy) is 1. The summed E-state index contributed by atoms with van der Waals surface area (Å²) in [4.78, 5) is 4.74. The van der Waals surface area contributed by atoms with Crippen molar-refractivity contribution in [2.75, 3.05) is 33.3 Å². The molecule has 1 aromatic rings. The Balaban J connectivity index is 1.95. The molecule has 2 rings (SSSR count). The van der Waals surface area contributed by atoms with Gasteiger partial charge in [0.2, 0.25) is 0 Å². The predicted octanol–water partition coefficient (Wildman–Crippen LogP) is 1.68. The number of β-amino-alcohol motifs (C(OH)–C–C–N with tert-alkyl or cyclic N) is 1. The molecule has 22 heavy (non-hydrogen) atoms. The number of hydrogen-bond acceptors (Lipinski definition) is 5. The molecule has 0 bridgehead atoms. The second kappa shape index (κ2) is 6.86. The molecule has 1 fully saturated rings. The van der Waals surface area contributed by atoms with Gasteiger partial charge >= 0.3 is 0 Å². The monoisotopic (exact) mass is 308 g/mol. The Bertz CT molecular complexity index is 499. The van der Waals surface area contributed by atoms with E-state index in [0.29, 0.717) is 18.3 Å². The van der Waals surface area contributed by atoms with E-state index in [4.69, 9.17) is 4.74 Å². The van der Waals surface area contributed by atoms with Crippen molar-refractivity contribution >= 4 is 0 Å². The van der Waals surface area contributed by atoms with Crippen molar-refractivity contribution < 1.29 is 14.9 Å². The molecule has 0 unspecified atom stereocenters. The van der Waals surface area contributed by atoms with Crippen LogP contribution in [0.3, 0.4) is 0 Å². The SMILES string of the molecule is COc1cc(CN2CCN(CC(C)(C)O)C[C@@H]2C)ccc1O. The average Bonchev–Trinajstić information content (AvgIpc) is 2.42. The highest BCUT2D eigenvalue weighted by Crippen LogP contribution is 2.27. The number of benzene rings is 1. The minimum absolute atomic E-state index is 0.175. The van der Waals surface area contributed by atoms with Gasteiger partial charge in [-0.05, 0) is 38.5 Å². The molecule has 0 aliphatic carbocycles. The van der Waals surface area contributed by atoms with E-state index in [1.165, 1.54) is 0 Å². The molecule has 0 amide bonds. The number of rotatable bonds is 5. The maximum absolute atomic E-state index is 9.95. The predicted molar refractivity (Wildman–Crippen MR) is 87.3 cm³/mol. The molecule has 1 aromatic carbocycles. The number of phenols is 1. The largest absolute Gasteiger partial charge is 0.504 e. The summed E-state index contributed by atoms with van der Waals surface area (Å²) in [6.07, 6.45) is 0. The van der Waals surface area contributed by atoms with Crippen LogP contribution in [0.1, 0.15) is 26.3 Å². The molecule has 124 valence electrons. The van der Waals surface area contributed by atoms with Gasteiger partial charge in [-0.25, -0.2) is 0 Å². The van der Waals surface area contributed by atoms with Gasteiger partial charge in [0.1, 0.15) is 0 Å². The first-order valence-electron chi connectivity index (χ1n) is 7.83. The second-order valence-corrected chi connectivity index (χ2v) is 6.87. The smallest absolute Gasteiger partial charge is 0.160 e. The minimum atomic E-state index is -0.647. The van der Waals surface area contributed by atoms with Crippen molar-refractivity contribution in [2.24, 2.45) is 0 Å². The van der Waals surface area contributed by atoms with Crippen LogP contribution in [-0.2, 0) is 6.54 Å². The van der Waals surface area contributed by atoms with Gasteiger partial charge in [0.15, 0.2) is 11.5 Å². The van der Waals surface area contributed by atoms with Crippen LogP contribution in [0, 0.1) is 0 Å². The zero-order valence-corrected chi connectivity index (χ0v) is 14.0. The Morgan fingerprint density at radius 2 is 2.05 bits per heavy atom. The summed E-state index contributed by atoms with van der Waals surface area (Å²) in [5.74, 6) is 0.695. The van der Waals surface area contributed by atoms with Crippen molar-refractivity contribution in [3.8, 4) is 11.5 Å². The Hall–Kier alpha value is -1.30. The first-order valence-corrected chi connectivity index (χ1v) is 7.83. The molecule has 2 N–H and O–H groups in total. The van der Waals surface area contributed by atoms with E-state index in [9.17, 15) is 10.2 Å².